The number of hydrogen-bond donors (Lipinski definition) is 3. The van der Waals surface area contributed by atoms with E-state index in [2.05, 4.69) is 57.2 Å². The van der Waals surface area contributed by atoms with Crippen LogP contribution >= 0.6 is 0 Å². The standard InChI is InChI=1S/3C21H40O3/c1-3-4-5-6-7-8-9-10-11-12-13-14-15-16-17-20(2)21(23)24-19-18-22;1-3-4-5-6-7-8-9-10-11-12-13-14-15-16-17-18-21(23)24-19-20(2)22;1-3-4-5-6-7-8-9-10-11-12-13-14-15-16-17-18-21(23)24-20(2)19-22/h3*10-11,20,22H,3-9,12-19H2,1-2H3. The van der Waals surface area contributed by atoms with E-state index in [0.29, 0.717) is 12.8 Å². The van der Waals surface area contributed by atoms with E-state index in [4.69, 9.17) is 29.5 Å². The van der Waals surface area contributed by atoms with Crippen LogP contribution < -0.4 is 0 Å². The lowest BCUT2D eigenvalue weighted by atomic mass is 10.0. The predicted molar refractivity (Wildman–Crippen MR) is 306 cm³/mol. The van der Waals surface area contributed by atoms with Gasteiger partial charge in [0.15, 0.2) is 0 Å². The number of ether oxygens (including phenoxy) is 3. The van der Waals surface area contributed by atoms with E-state index >= 15 is 0 Å². The average molecular weight is 1020 g/mol. The highest BCUT2D eigenvalue weighted by atomic mass is 16.6. The Balaban J connectivity index is -0.000000992. The van der Waals surface area contributed by atoms with Gasteiger partial charge >= 0.3 is 17.9 Å². The van der Waals surface area contributed by atoms with Crippen LogP contribution in [0.5, 0.6) is 0 Å². The van der Waals surface area contributed by atoms with E-state index in [9.17, 15) is 14.4 Å². The molecule has 0 radical (unpaired) electrons. The Bertz CT molecular complexity index is 1180. The highest BCUT2D eigenvalue weighted by Gasteiger charge is 2.13. The molecule has 0 aromatic heterocycles. The molecule has 0 aliphatic heterocycles. The monoisotopic (exact) mass is 1020 g/mol. The van der Waals surface area contributed by atoms with Crippen molar-refractivity contribution >= 4 is 17.9 Å². The molecule has 0 rings (SSSR count). The van der Waals surface area contributed by atoms with Gasteiger partial charge < -0.3 is 29.5 Å². The lowest BCUT2D eigenvalue weighted by Gasteiger charge is -2.10. The molecule has 0 saturated heterocycles. The first-order chi connectivity index (χ1) is 35.1. The molecule has 3 N–H and O–H groups in total. The minimum Gasteiger partial charge on any atom is -0.463 e. The van der Waals surface area contributed by atoms with E-state index < -0.39 is 6.10 Å². The van der Waals surface area contributed by atoms with Crippen molar-refractivity contribution in [3.05, 3.63) is 36.5 Å². The summed E-state index contributed by atoms with van der Waals surface area (Å²) < 4.78 is 14.9. The Morgan fingerprint density at radius 3 is 1.07 bits per heavy atom. The zero-order valence-electron chi connectivity index (χ0n) is 48.3. The molecule has 0 spiro atoms. The summed E-state index contributed by atoms with van der Waals surface area (Å²) in [5.41, 5.74) is 0. The zero-order chi connectivity index (χ0) is 53.6. The molecule has 0 aliphatic rings. The molecule has 0 heterocycles. The largest absolute Gasteiger partial charge is 0.463 e. The molecule has 0 aromatic rings. The fraction of sp³-hybridized carbons (Fsp3) is 0.857. The van der Waals surface area contributed by atoms with E-state index in [1.54, 1.807) is 13.8 Å². The van der Waals surface area contributed by atoms with Crippen molar-refractivity contribution < 1.29 is 43.9 Å². The van der Waals surface area contributed by atoms with Gasteiger partial charge in [-0.25, -0.2) is 0 Å². The van der Waals surface area contributed by atoms with Crippen molar-refractivity contribution in [3.8, 4) is 0 Å². The SMILES string of the molecule is CCCCCCCCC=CCCCCCCC(C)C(=O)OCCO.CCCCCCCCC=CCCCCCCCC(=O)OC(C)CO.CCCCCCCCC=CCCCCCCCC(=O)OCC(C)O. The molecule has 0 fully saturated rings. The lowest BCUT2D eigenvalue weighted by Crippen LogP contribution is -2.18. The summed E-state index contributed by atoms with van der Waals surface area (Å²) in [5.74, 6) is -0.599. The number of allylic oxidation sites excluding steroid dienone is 6. The van der Waals surface area contributed by atoms with Crippen LogP contribution in [0.25, 0.3) is 0 Å². The van der Waals surface area contributed by atoms with E-state index in [1.807, 2.05) is 6.92 Å². The topological polar surface area (TPSA) is 140 Å². The summed E-state index contributed by atoms with van der Waals surface area (Å²) in [6.45, 7) is 12.1. The number of carbonyl (C=O) groups excluding carboxylic acids is 3. The zero-order valence-corrected chi connectivity index (χ0v) is 48.3. The van der Waals surface area contributed by atoms with Crippen LogP contribution in [0.3, 0.4) is 0 Å². The normalized spacial score (nSPS) is 12.6. The van der Waals surface area contributed by atoms with Crippen LogP contribution in [0.2, 0.25) is 0 Å². The van der Waals surface area contributed by atoms with Gasteiger partial charge in [0, 0.05) is 12.8 Å². The first kappa shape index (κ1) is 73.8. The molecule has 0 aromatic carbocycles. The summed E-state index contributed by atoms with van der Waals surface area (Å²) in [7, 11) is 0. The Morgan fingerprint density at radius 2 is 0.736 bits per heavy atom. The van der Waals surface area contributed by atoms with Crippen LogP contribution in [0.15, 0.2) is 36.5 Å². The van der Waals surface area contributed by atoms with E-state index in [1.165, 1.54) is 212 Å². The minimum absolute atomic E-state index is 0.0474. The molecular weight excluding hydrogens is 901 g/mol. The van der Waals surface area contributed by atoms with Gasteiger partial charge in [-0.1, -0.05) is 218 Å². The molecule has 72 heavy (non-hydrogen) atoms. The number of carbonyl (C=O) groups is 3. The first-order valence-electron chi connectivity index (χ1n) is 30.5. The Labute approximate surface area is 446 Å². The number of esters is 3. The quantitative estimate of drug-likeness (QED) is 0.0235. The average Bonchev–Trinajstić information content (AvgIpc) is 3.37. The Kier molecular flexibility index (Phi) is 66.2. The van der Waals surface area contributed by atoms with Crippen LogP contribution in [0.1, 0.15) is 305 Å². The fourth-order valence-corrected chi connectivity index (χ4v) is 8.04. The van der Waals surface area contributed by atoms with Crippen molar-refractivity contribution in [2.75, 3.05) is 26.4 Å². The molecular formula is C63H120O9. The summed E-state index contributed by atoms with van der Waals surface area (Å²) in [5, 5.41) is 26.4. The predicted octanol–water partition coefficient (Wildman–Crippen LogP) is 17.7. The van der Waals surface area contributed by atoms with Crippen LogP contribution in [0, 0.1) is 5.92 Å². The first-order valence-corrected chi connectivity index (χ1v) is 30.5. The second kappa shape index (κ2) is 64.6. The van der Waals surface area contributed by atoms with Crippen LogP contribution in [0.4, 0.5) is 0 Å². The summed E-state index contributed by atoms with van der Waals surface area (Å²) >= 11 is 0. The Hall–Kier alpha value is -2.49. The van der Waals surface area contributed by atoms with E-state index in [-0.39, 0.29) is 56.4 Å². The second-order valence-corrected chi connectivity index (χ2v) is 20.5. The van der Waals surface area contributed by atoms with Crippen LogP contribution in [-0.4, -0.2) is 71.9 Å². The highest BCUT2D eigenvalue weighted by Crippen LogP contribution is 2.15. The van der Waals surface area contributed by atoms with Crippen molar-refractivity contribution in [2.24, 2.45) is 5.92 Å². The minimum atomic E-state index is -0.567. The molecule has 9 nitrogen and oxygen atoms in total. The Morgan fingerprint density at radius 1 is 0.417 bits per heavy atom. The van der Waals surface area contributed by atoms with Gasteiger partial charge in [0.2, 0.25) is 0 Å². The molecule has 0 aliphatic carbocycles. The molecule has 426 valence electrons. The van der Waals surface area contributed by atoms with Gasteiger partial charge in [0.1, 0.15) is 19.3 Å². The fourth-order valence-electron chi connectivity index (χ4n) is 8.04. The number of unbranched alkanes of at least 4 members (excludes halogenated alkanes) is 32. The maximum absolute atomic E-state index is 11.5. The van der Waals surface area contributed by atoms with Gasteiger partial charge in [-0.15, -0.1) is 0 Å². The molecule has 0 bridgehead atoms. The van der Waals surface area contributed by atoms with Crippen molar-refractivity contribution in [1.29, 1.82) is 0 Å². The highest BCUT2D eigenvalue weighted by molar-refractivity contribution is 5.72. The molecule has 0 amide bonds. The summed E-state index contributed by atoms with van der Waals surface area (Å²) in [4.78, 5) is 34.3. The van der Waals surface area contributed by atoms with E-state index in [0.717, 1.165) is 38.5 Å². The van der Waals surface area contributed by atoms with Crippen LogP contribution in [-0.2, 0) is 28.6 Å². The van der Waals surface area contributed by atoms with Gasteiger partial charge in [-0.2, -0.15) is 0 Å². The van der Waals surface area contributed by atoms with Gasteiger partial charge in [-0.05, 0) is 110 Å². The number of hydrogen-bond acceptors (Lipinski definition) is 9. The van der Waals surface area contributed by atoms with Crippen molar-refractivity contribution in [1.82, 2.24) is 0 Å². The number of aliphatic hydroxyl groups excluding tert-OH is 3. The third-order valence-electron chi connectivity index (χ3n) is 12.7. The van der Waals surface area contributed by atoms with Crippen molar-refractivity contribution in [3.63, 3.8) is 0 Å². The smallest absolute Gasteiger partial charge is 0.308 e. The molecule has 0 saturated carbocycles. The van der Waals surface area contributed by atoms with Gasteiger partial charge in [0.25, 0.3) is 0 Å². The number of aliphatic hydroxyl groups is 3. The summed E-state index contributed by atoms with van der Waals surface area (Å²) in [6.07, 6.45) is 63.0. The molecule has 9 heteroatoms. The maximum Gasteiger partial charge on any atom is 0.308 e. The molecule has 3 unspecified atom stereocenters. The third-order valence-corrected chi connectivity index (χ3v) is 12.7. The second-order valence-electron chi connectivity index (χ2n) is 20.5. The number of rotatable bonds is 51. The lowest BCUT2D eigenvalue weighted by molar-refractivity contribution is -0.150. The van der Waals surface area contributed by atoms with Gasteiger partial charge in [0.05, 0.1) is 25.2 Å². The maximum atomic E-state index is 11.5. The van der Waals surface area contributed by atoms with Crippen molar-refractivity contribution in [2.45, 2.75) is 317 Å². The third kappa shape index (κ3) is 67.5. The van der Waals surface area contributed by atoms with Gasteiger partial charge in [-0.3, -0.25) is 14.4 Å². The molecule has 3 atom stereocenters. The summed E-state index contributed by atoms with van der Waals surface area (Å²) in [6, 6.07) is 0.